The summed E-state index contributed by atoms with van der Waals surface area (Å²) in [5, 5.41) is 0. The molecule has 28 heavy (non-hydrogen) atoms. The number of hydrogen-bond donors (Lipinski definition) is 2. The Morgan fingerprint density at radius 3 is 2.46 bits per heavy atom. The summed E-state index contributed by atoms with van der Waals surface area (Å²) in [5.41, 5.74) is 7.03. The number of hydrazine groups is 1. The van der Waals surface area contributed by atoms with E-state index in [1.807, 2.05) is 39.0 Å². The zero-order valence-electron chi connectivity index (χ0n) is 16.2. The number of halogens is 1. The molecule has 0 aliphatic carbocycles. The van der Waals surface area contributed by atoms with Crippen LogP contribution in [0.1, 0.15) is 35.3 Å². The summed E-state index contributed by atoms with van der Waals surface area (Å²) >= 11 is 3.45. The number of rotatable bonds is 6. The number of amides is 2. The molecule has 7 heteroatoms. The van der Waals surface area contributed by atoms with Crippen LogP contribution in [-0.4, -0.2) is 25.0 Å². The van der Waals surface area contributed by atoms with Crippen molar-refractivity contribution in [3.63, 3.8) is 0 Å². The summed E-state index contributed by atoms with van der Waals surface area (Å²) in [7, 11) is 1.50. The third-order valence-corrected chi connectivity index (χ3v) is 4.34. The normalized spacial score (nSPS) is 10.8. The number of hydrogen-bond acceptors (Lipinski definition) is 4. The fraction of sp³-hybridized carbons (Fsp3) is 0.238. The third kappa shape index (κ3) is 6.13. The molecular formula is C21H23BrN2O4. The molecule has 6 nitrogen and oxygen atoms in total. The van der Waals surface area contributed by atoms with E-state index in [9.17, 15) is 9.59 Å². The Morgan fingerprint density at radius 2 is 1.82 bits per heavy atom. The molecule has 0 radical (unpaired) electrons. The first-order valence-corrected chi connectivity index (χ1v) is 9.48. The first-order chi connectivity index (χ1) is 13.3. The maximum Gasteiger partial charge on any atom is 0.269 e. The lowest BCUT2D eigenvalue weighted by atomic mass is 10.1. The van der Waals surface area contributed by atoms with Crippen LogP contribution in [0.4, 0.5) is 0 Å². The van der Waals surface area contributed by atoms with Crippen LogP contribution in [-0.2, 0) is 4.79 Å². The molecule has 0 saturated heterocycles. The van der Waals surface area contributed by atoms with Gasteiger partial charge in [-0.05, 0) is 62.2 Å². The van der Waals surface area contributed by atoms with E-state index in [4.69, 9.17) is 9.47 Å². The molecule has 0 aliphatic heterocycles. The standard InChI is InChI=1S/C21H23BrN2O4/c1-13(2)28-18-9-7-16(12-19(18)27-4)21(26)24-23-20(25)10-8-15-6-5-14(3)11-17(15)22/h5-13H,1-4H3,(H,23,25)(H,24,26)/b10-8+. The zero-order chi connectivity index (χ0) is 20.7. The Hall–Kier alpha value is -2.80. The van der Waals surface area contributed by atoms with Crippen molar-refractivity contribution in [1.29, 1.82) is 0 Å². The average molecular weight is 447 g/mol. The Morgan fingerprint density at radius 1 is 1.07 bits per heavy atom. The van der Waals surface area contributed by atoms with Gasteiger partial charge in [-0.3, -0.25) is 20.4 Å². The van der Waals surface area contributed by atoms with Gasteiger partial charge in [0.05, 0.1) is 13.2 Å². The summed E-state index contributed by atoms with van der Waals surface area (Å²) in [4.78, 5) is 24.2. The number of ether oxygens (including phenoxy) is 2. The molecule has 0 aliphatic rings. The maximum atomic E-state index is 12.3. The van der Waals surface area contributed by atoms with Crippen LogP contribution in [0, 0.1) is 6.92 Å². The van der Waals surface area contributed by atoms with E-state index in [1.165, 1.54) is 13.2 Å². The van der Waals surface area contributed by atoms with E-state index in [1.54, 1.807) is 24.3 Å². The molecule has 2 aromatic rings. The van der Waals surface area contributed by atoms with E-state index in [2.05, 4.69) is 26.8 Å². The second-order valence-corrected chi connectivity index (χ2v) is 7.19. The average Bonchev–Trinajstić information content (AvgIpc) is 2.65. The van der Waals surface area contributed by atoms with Crippen molar-refractivity contribution >= 4 is 33.8 Å². The molecule has 0 saturated carbocycles. The van der Waals surface area contributed by atoms with Crippen molar-refractivity contribution in [2.75, 3.05) is 7.11 Å². The van der Waals surface area contributed by atoms with Gasteiger partial charge in [-0.25, -0.2) is 0 Å². The van der Waals surface area contributed by atoms with Gasteiger partial charge in [0, 0.05) is 16.1 Å². The topological polar surface area (TPSA) is 76.7 Å². The lowest BCUT2D eigenvalue weighted by Gasteiger charge is -2.14. The lowest BCUT2D eigenvalue weighted by molar-refractivity contribution is -0.117. The maximum absolute atomic E-state index is 12.3. The molecule has 0 bridgehead atoms. The molecule has 2 amide bonds. The Labute approximate surface area is 173 Å². The monoisotopic (exact) mass is 446 g/mol. The fourth-order valence-corrected chi connectivity index (χ4v) is 2.95. The van der Waals surface area contributed by atoms with E-state index in [-0.39, 0.29) is 6.10 Å². The smallest absolute Gasteiger partial charge is 0.269 e. The van der Waals surface area contributed by atoms with Crippen molar-refractivity contribution in [1.82, 2.24) is 10.9 Å². The fourth-order valence-electron chi connectivity index (χ4n) is 2.33. The zero-order valence-corrected chi connectivity index (χ0v) is 17.8. The van der Waals surface area contributed by atoms with Crippen molar-refractivity contribution in [3.05, 3.63) is 63.6 Å². The van der Waals surface area contributed by atoms with Gasteiger partial charge in [0.25, 0.3) is 11.8 Å². The van der Waals surface area contributed by atoms with Gasteiger partial charge < -0.3 is 9.47 Å². The second-order valence-electron chi connectivity index (χ2n) is 6.33. The third-order valence-electron chi connectivity index (χ3n) is 3.66. The minimum Gasteiger partial charge on any atom is -0.493 e. The summed E-state index contributed by atoms with van der Waals surface area (Å²) < 4.78 is 11.8. The Bertz CT molecular complexity index is 894. The highest BCUT2D eigenvalue weighted by Crippen LogP contribution is 2.28. The van der Waals surface area contributed by atoms with Crippen molar-refractivity contribution < 1.29 is 19.1 Å². The van der Waals surface area contributed by atoms with Crippen molar-refractivity contribution in [2.24, 2.45) is 0 Å². The minimum absolute atomic E-state index is 0.0202. The van der Waals surface area contributed by atoms with Gasteiger partial charge in [0.1, 0.15) is 0 Å². The van der Waals surface area contributed by atoms with Gasteiger partial charge in [0.2, 0.25) is 0 Å². The predicted molar refractivity (Wildman–Crippen MR) is 112 cm³/mol. The lowest BCUT2D eigenvalue weighted by Crippen LogP contribution is -2.40. The van der Waals surface area contributed by atoms with Crippen LogP contribution in [0.15, 0.2) is 46.9 Å². The minimum atomic E-state index is -0.465. The van der Waals surface area contributed by atoms with E-state index in [0.29, 0.717) is 17.1 Å². The molecule has 2 rings (SSSR count). The summed E-state index contributed by atoms with van der Waals surface area (Å²) in [5.74, 6) is 0.0710. The quantitative estimate of drug-likeness (QED) is 0.518. The van der Waals surface area contributed by atoms with Gasteiger partial charge in [-0.1, -0.05) is 28.1 Å². The van der Waals surface area contributed by atoms with Crippen LogP contribution in [0.3, 0.4) is 0 Å². The highest BCUT2D eigenvalue weighted by atomic mass is 79.9. The number of aryl methyl sites for hydroxylation is 1. The van der Waals surface area contributed by atoms with Gasteiger partial charge in [-0.15, -0.1) is 0 Å². The van der Waals surface area contributed by atoms with Crippen LogP contribution >= 0.6 is 15.9 Å². The predicted octanol–water partition coefficient (Wildman–Crippen LogP) is 4.03. The Kier molecular flexibility index (Phi) is 7.63. The highest BCUT2D eigenvalue weighted by Gasteiger charge is 2.12. The number of carbonyl (C=O) groups excluding carboxylic acids is 2. The number of methoxy groups -OCH3 is 1. The van der Waals surface area contributed by atoms with Crippen LogP contribution in [0.5, 0.6) is 11.5 Å². The molecule has 0 aromatic heterocycles. The van der Waals surface area contributed by atoms with Crippen LogP contribution in [0.2, 0.25) is 0 Å². The molecule has 0 unspecified atom stereocenters. The first-order valence-electron chi connectivity index (χ1n) is 8.69. The van der Waals surface area contributed by atoms with Crippen LogP contribution in [0.25, 0.3) is 6.08 Å². The Balaban J connectivity index is 1.97. The largest absolute Gasteiger partial charge is 0.493 e. The molecule has 2 N–H and O–H groups in total. The van der Waals surface area contributed by atoms with E-state index in [0.717, 1.165) is 15.6 Å². The number of nitrogens with one attached hydrogen (secondary N) is 2. The van der Waals surface area contributed by atoms with Crippen LogP contribution < -0.4 is 20.3 Å². The molecule has 2 aromatic carbocycles. The van der Waals surface area contributed by atoms with E-state index < -0.39 is 11.8 Å². The number of benzene rings is 2. The van der Waals surface area contributed by atoms with Crippen molar-refractivity contribution in [2.45, 2.75) is 26.9 Å². The summed E-state index contributed by atoms with van der Waals surface area (Å²) in [6, 6.07) is 10.6. The van der Waals surface area contributed by atoms with Crippen molar-refractivity contribution in [3.8, 4) is 11.5 Å². The first kappa shape index (κ1) is 21.5. The molecule has 0 fully saturated rings. The molecule has 0 spiro atoms. The SMILES string of the molecule is COc1cc(C(=O)NNC(=O)/C=C/c2ccc(C)cc2Br)ccc1OC(C)C. The van der Waals surface area contributed by atoms with Gasteiger partial charge in [-0.2, -0.15) is 0 Å². The summed E-state index contributed by atoms with van der Waals surface area (Å²) in [6.07, 6.45) is 2.98. The van der Waals surface area contributed by atoms with E-state index >= 15 is 0 Å². The molecule has 0 heterocycles. The number of carbonyl (C=O) groups is 2. The van der Waals surface area contributed by atoms with Gasteiger partial charge >= 0.3 is 0 Å². The molecule has 0 atom stereocenters. The summed E-state index contributed by atoms with van der Waals surface area (Å²) in [6.45, 7) is 5.79. The highest BCUT2D eigenvalue weighted by molar-refractivity contribution is 9.10. The molecule has 148 valence electrons. The second kappa shape index (κ2) is 9.94. The van der Waals surface area contributed by atoms with Gasteiger partial charge in [0.15, 0.2) is 11.5 Å². The molecular weight excluding hydrogens is 424 g/mol.